The van der Waals surface area contributed by atoms with Crippen LogP contribution in [-0.4, -0.2) is 24.5 Å². The second-order valence-corrected chi connectivity index (χ2v) is 5.91. The molecule has 2 aromatic carbocycles. The van der Waals surface area contributed by atoms with Gasteiger partial charge in [-0.15, -0.1) is 0 Å². The fourth-order valence-corrected chi connectivity index (χ4v) is 2.01. The normalized spacial score (nSPS) is 11.3. The van der Waals surface area contributed by atoms with Gasteiger partial charge in [-0.05, 0) is 43.3 Å². The summed E-state index contributed by atoms with van der Waals surface area (Å²) in [6.45, 7) is 1.21. The van der Waals surface area contributed by atoms with E-state index in [-0.39, 0.29) is 12.4 Å². The third-order valence-electron chi connectivity index (χ3n) is 2.99. The van der Waals surface area contributed by atoms with Gasteiger partial charge >= 0.3 is 0 Å². The number of halogens is 2. The summed E-state index contributed by atoms with van der Waals surface area (Å²) in [4.78, 5) is 23.5. The standard InChI is InChI=1S/C17H16BrFN2O4/c1-11(25-15-4-2-3-13(19)9-15)17(23)21-20-16(22)10-24-14-7-5-12(18)6-8-14/h2-9,11H,10H2,1H3,(H,20,22)(H,21,23). The van der Waals surface area contributed by atoms with Gasteiger partial charge in [0.15, 0.2) is 12.7 Å². The fraction of sp³-hybridized carbons (Fsp3) is 0.176. The van der Waals surface area contributed by atoms with E-state index in [1.807, 2.05) is 0 Å². The van der Waals surface area contributed by atoms with Crippen molar-refractivity contribution in [2.24, 2.45) is 0 Å². The molecule has 0 aliphatic heterocycles. The molecular weight excluding hydrogens is 395 g/mol. The Balaban J connectivity index is 1.72. The van der Waals surface area contributed by atoms with Gasteiger partial charge in [-0.1, -0.05) is 22.0 Å². The maximum Gasteiger partial charge on any atom is 0.279 e. The van der Waals surface area contributed by atoms with E-state index in [0.29, 0.717) is 5.75 Å². The molecule has 2 aromatic rings. The molecule has 2 rings (SSSR count). The van der Waals surface area contributed by atoms with Crippen molar-refractivity contribution in [2.45, 2.75) is 13.0 Å². The van der Waals surface area contributed by atoms with Gasteiger partial charge in [-0.3, -0.25) is 20.4 Å². The molecule has 0 aromatic heterocycles. The Morgan fingerprint density at radius 3 is 2.52 bits per heavy atom. The van der Waals surface area contributed by atoms with Crippen LogP contribution in [0.5, 0.6) is 11.5 Å². The van der Waals surface area contributed by atoms with Gasteiger partial charge < -0.3 is 9.47 Å². The molecule has 2 N–H and O–H groups in total. The lowest BCUT2D eigenvalue weighted by molar-refractivity contribution is -0.133. The molecular formula is C17H16BrFN2O4. The fourth-order valence-electron chi connectivity index (χ4n) is 1.75. The van der Waals surface area contributed by atoms with Crippen LogP contribution in [0, 0.1) is 5.82 Å². The first kappa shape index (κ1) is 18.7. The largest absolute Gasteiger partial charge is 0.484 e. The van der Waals surface area contributed by atoms with E-state index in [1.165, 1.54) is 25.1 Å². The highest BCUT2D eigenvalue weighted by Gasteiger charge is 2.15. The number of benzene rings is 2. The maximum absolute atomic E-state index is 13.1. The molecule has 0 bridgehead atoms. The first-order valence-electron chi connectivity index (χ1n) is 7.33. The number of nitrogens with one attached hydrogen (secondary N) is 2. The predicted octanol–water partition coefficient (Wildman–Crippen LogP) is 2.58. The van der Waals surface area contributed by atoms with Crippen LogP contribution in [-0.2, 0) is 9.59 Å². The van der Waals surface area contributed by atoms with E-state index in [0.717, 1.165) is 10.5 Å². The van der Waals surface area contributed by atoms with Crippen LogP contribution in [0.1, 0.15) is 6.92 Å². The molecule has 0 radical (unpaired) electrons. The SMILES string of the molecule is CC(Oc1cccc(F)c1)C(=O)NNC(=O)COc1ccc(Br)cc1. The second kappa shape index (κ2) is 9.03. The maximum atomic E-state index is 13.1. The number of amides is 2. The lowest BCUT2D eigenvalue weighted by Gasteiger charge is -2.15. The zero-order valence-electron chi connectivity index (χ0n) is 13.3. The minimum Gasteiger partial charge on any atom is -0.484 e. The molecule has 0 saturated carbocycles. The number of hydrazine groups is 1. The van der Waals surface area contributed by atoms with E-state index >= 15 is 0 Å². The Hall–Kier alpha value is -2.61. The summed E-state index contributed by atoms with van der Waals surface area (Å²) in [5.41, 5.74) is 4.43. The molecule has 8 heteroatoms. The first-order valence-corrected chi connectivity index (χ1v) is 8.12. The summed E-state index contributed by atoms with van der Waals surface area (Å²) in [6, 6.07) is 12.4. The van der Waals surface area contributed by atoms with Gasteiger partial charge in [0, 0.05) is 10.5 Å². The van der Waals surface area contributed by atoms with E-state index in [9.17, 15) is 14.0 Å². The van der Waals surface area contributed by atoms with Crippen LogP contribution in [0.3, 0.4) is 0 Å². The zero-order chi connectivity index (χ0) is 18.2. The van der Waals surface area contributed by atoms with Crippen molar-refractivity contribution in [3.63, 3.8) is 0 Å². The average Bonchev–Trinajstić information content (AvgIpc) is 2.59. The molecule has 0 aliphatic carbocycles. The van der Waals surface area contributed by atoms with Gasteiger partial charge in [0.05, 0.1) is 0 Å². The molecule has 132 valence electrons. The Kier molecular flexibility index (Phi) is 6.76. The van der Waals surface area contributed by atoms with Crippen LogP contribution in [0.15, 0.2) is 53.0 Å². The lowest BCUT2D eigenvalue weighted by Crippen LogP contribution is -2.48. The van der Waals surface area contributed by atoms with Crippen LogP contribution in [0.4, 0.5) is 4.39 Å². The molecule has 6 nitrogen and oxygen atoms in total. The minimum atomic E-state index is -0.922. The van der Waals surface area contributed by atoms with E-state index in [4.69, 9.17) is 9.47 Å². The monoisotopic (exact) mass is 410 g/mol. The van der Waals surface area contributed by atoms with Gasteiger partial charge in [-0.2, -0.15) is 0 Å². The van der Waals surface area contributed by atoms with Crippen LogP contribution in [0.2, 0.25) is 0 Å². The van der Waals surface area contributed by atoms with Crippen molar-refractivity contribution in [1.82, 2.24) is 10.9 Å². The molecule has 0 fully saturated rings. The minimum absolute atomic E-state index is 0.215. The quantitative estimate of drug-likeness (QED) is 0.717. The summed E-state index contributed by atoms with van der Waals surface area (Å²) in [5, 5.41) is 0. The highest BCUT2D eigenvalue weighted by Crippen LogP contribution is 2.16. The summed E-state index contributed by atoms with van der Waals surface area (Å²) in [6.07, 6.45) is -0.922. The third kappa shape index (κ3) is 6.42. The topological polar surface area (TPSA) is 76.7 Å². The number of carbonyl (C=O) groups excluding carboxylic acids is 2. The van der Waals surface area contributed by atoms with E-state index in [1.54, 1.807) is 24.3 Å². The van der Waals surface area contributed by atoms with Crippen LogP contribution in [0.25, 0.3) is 0 Å². The predicted molar refractivity (Wildman–Crippen MR) is 92.4 cm³/mol. The molecule has 0 spiro atoms. The zero-order valence-corrected chi connectivity index (χ0v) is 14.9. The second-order valence-electron chi connectivity index (χ2n) is 5.00. The average molecular weight is 411 g/mol. The number of hydrogen-bond acceptors (Lipinski definition) is 4. The van der Waals surface area contributed by atoms with Crippen molar-refractivity contribution >= 4 is 27.7 Å². The molecule has 1 unspecified atom stereocenters. The molecule has 0 aliphatic rings. The lowest BCUT2D eigenvalue weighted by atomic mass is 10.3. The van der Waals surface area contributed by atoms with Crippen molar-refractivity contribution < 1.29 is 23.5 Å². The van der Waals surface area contributed by atoms with Gasteiger partial charge in [-0.25, -0.2) is 4.39 Å². The molecule has 25 heavy (non-hydrogen) atoms. The smallest absolute Gasteiger partial charge is 0.279 e. The third-order valence-corrected chi connectivity index (χ3v) is 3.52. The van der Waals surface area contributed by atoms with Crippen LogP contribution >= 0.6 is 15.9 Å². The van der Waals surface area contributed by atoms with E-state index in [2.05, 4.69) is 26.8 Å². The summed E-state index contributed by atoms with van der Waals surface area (Å²) in [7, 11) is 0. The summed E-state index contributed by atoms with van der Waals surface area (Å²) < 4.78 is 24.5. The number of ether oxygens (including phenoxy) is 2. The molecule has 0 heterocycles. The molecule has 2 amide bonds. The molecule has 0 saturated heterocycles. The number of carbonyl (C=O) groups is 2. The Labute approximate surface area is 152 Å². The van der Waals surface area contributed by atoms with Crippen molar-refractivity contribution in [3.8, 4) is 11.5 Å². The number of hydrogen-bond donors (Lipinski definition) is 2. The van der Waals surface area contributed by atoms with Crippen LogP contribution < -0.4 is 20.3 Å². The van der Waals surface area contributed by atoms with E-state index < -0.39 is 23.7 Å². The highest BCUT2D eigenvalue weighted by molar-refractivity contribution is 9.10. The van der Waals surface area contributed by atoms with Crippen molar-refractivity contribution in [3.05, 3.63) is 58.8 Å². The first-order chi connectivity index (χ1) is 11.9. The van der Waals surface area contributed by atoms with Gasteiger partial charge in [0.2, 0.25) is 0 Å². The highest BCUT2D eigenvalue weighted by atomic mass is 79.9. The van der Waals surface area contributed by atoms with Gasteiger partial charge in [0.25, 0.3) is 11.8 Å². The summed E-state index contributed by atoms with van der Waals surface area (Å²) >= 11 is 3.29. The van der Waals surface area contributed by atoms with Crippen molar-refractivity contribution in [1.29, 1.82) is 0 Å². The Morgan fingerprint density at radius 2 is 1.84 bits per heavy atom. The van der Waals surface area contributed by atoms with Crippen molar-refractivity contribution in [2.75, 3.05) is 6.61 Å². The Morgan fingerprint density at radius 1 is 1.12 bits per heavy atom. The Bertz CT molecular complexity index is 740. The summed E-state index contributed by atoms with van der Waals surface area (Å²) in [5.74, 6) is -0.848. The van der Waals surface area contributed by atoms with Gasteiger partial charge in [0.1, 0.15) is 17.3 Å². The molecule has 1 atom stereocenters. The number of rotatable bonds is 6.